The molecule has 0 aliphatic carbocycles. The lowest BCUT2D eigenvalue weighted by Crippen LogP contribution is -2.44. The molecule has 1 rings (SSSR count). The van der Waals surface area contributed by atoms with Crippen LogP contribution >= 0.6 is 11.8 Å². The van der Waals surface area contributed by atoms with Crippen molar-refractivity contribution in [2.75, 3.05) is 18.3 Å². The fraction of sp³-hybridized carbons (Fsp3) is 0.462. The molecule has 3 nitrogen and oxygen atoms in total. The number of carbonyl (C=O) groups is 1. The molecule has 18 heavy (non-hydrogen) atoms. The van der Waals surface area contributed by atoms with Gasteiger partial charge in [0.25, 0.3) is 0 Å². The summed E-state index contributed by atoms with van der Waals surface area (Å²) in [6, 6.07) is 5.67. The van der Waals surface area contributed by atoms with Gasteiger partial charge in [-0.2, -0.15) is 0 Å². The summed E-state index contributed by atoms with van der Waals surface area (Å²) in [6.07, 6.45) is 0. The van der Waals surface area contributed by atoms with Crippen LogP contribution in [0.4, 0.5) is 5.69 Å². The van der Waals surface area contributed by atoms with E-state index in [0.29, 0.717) is 6.73 Å². The van der Waals surface area contributed by atoms with Crippen molar-refractivity contribution in [2.24, 2.45) is 0 Å². The van der Waals surface area contributed by atoms with Gasteiger partial charge in [0.05, 0.1) is 13.8 Å². The molecule has 0 saturated carbocycles. The second-order valence-electron chi connectivity index (χ2n) is 5.29. The second-order valence-corrected chi connectivity index (χ2v) is 10.7. The van der Waals surface area contributed by atoms with Crippen LogP contribution in [0.2, 0.25) is 19.6 Å². The third kappa shape index (κ3) is 3.34. The molecule has 0 amide bonds. The Labute approximate surface area is 115 Å². The summed E-state index contributed by atoms with van der Waals surface area (Å²) in [4.78, 5) is 11.8. The first-order valence-electron chi connectivity index (χ1n) is 5.85. The fourth-order valence-electron chi connectivity index (χ4n) is 2.01. The minimum atomic E-state index is -1.68. The molecule has 0 bridgehead atoms. The molecular formula is C13H20ClNO2Si. The summed E-state index contributed by atoms with van der Waals surface area (Å²) in [5.41, 5.74) is 1.65. The molecule has 0 heterocycles. The quantitative estimate of drug-likeness (QED) is 0.360. The number of nitrogens with zero attached hydrogens (tertiary/aromatic N) is 1. The van der Waals surface area contributed by atoms with Gasteiger partial charge in [0.1, 0.15) is 6.73 Å². The average molecular weight is 286 g/mol. The van der Waals surface area contributed by atoms with Gasteiger partial charge in [-0.1, -0.05) is 31.8 Å². The molecule has 0 unspecified atom stereocenters. The smallest absolute Gasteiger partial charge is 0.159 e. The summed E-state index contributed by atoms with van der Waals surface area (Å²) in [5, 5.41) is 1.09. The maximum atomic E-state index is 11.8. The van der Waals surface area contributed by atoms with Gasteiger partial charge in [-0.25, -0.2) is 0 Å². The van der Waals surface area contributed by atoms with Crippen LogP contribution in [0, 0.1) is 0 Å². The van der Waals surface area contributed by atoms with Gasteiger partial charge < -0.3 is 4.74 Å². The molecule has 0 aromatic heterocycles. The third-order valence-corrected chi connectivity index (χ3v) is 4.98. The predicted octanol–water partition coefficient (Wildman–Crippen LogP) is 3.00. The predicted molar refractivity (Wildman–Crippen MR) is 79.6 cm³/mol. The number of hydrogen-bond acceptors (Lipinski definition) is 3. The van der Waals surface area contributed by atoms with E-state index in [9.17, 15) is 4.79 Å². The number of anilines is 1. The normalized spacial score (nSPS) is 11.4. The Morgan fingerprint density at radius 2 is 2.00 bits per heavy atom. The maximum absolute atomic E-state index is 11.8. The molecule has 5 heteroatoms. The summed E-state index contributed by atoms with van der Waals surface area (Å²) >= 11 is 6.21. The van der Waals surface area contributed by atoms with E-state index in [4.69, 9.17) is 16.5 Å². The van der Waals surface area contributed by atoms with Crippen molar-refractivity contribution >= 4 is 36.5 Å². The van der Waals surface area contributed by atoms with Crippen LogP contribution < -0.4 is 9.61 Å². The number of ketones is 1. The molecule has 0 atom stereocenters. The molecule has 0 fully saturated rings. The van der Waals surface area contributed by atoms with E-state index in [2.05, 4.69) is 19.6 Å². The highest BCUT2D eigenvalue weighted by atomic mass is 35.5. The van der Waals surface area contributed by atoms with Gasteiger partial charge in [-0.15, -0.1) is 0 Å². The van der Waals surface area contributed by atoms with Crippen LogP contribution in [0.15, 0.2) is 18.2 Å². The zero-order chi connectivity index (χ0) is 13.9. The van der Waals surface area contributed by atoms with Crippen molar-refractivity contribution in [1.29, 1.82) is 0 Å². The average Bonchev–Trinajstić information content (AvgIpc) is 2.27. The summed E-state index contributed by atoms with van der Waals surface area (Å²) in [7, 11) is -0.0839. The van der Waals surface area contributed by atoms with Crippen LogP contribution in [0.5, 0.6) is 0 Å². The van der Waals surface area contributed by atoms with Crippen molar-refractivity contribution < 1.29 is 9.53 Å². The van der Waals surface area contributed by atoms with E-state index < -0.39 is 8.07 Å². The van der Waals surface area contributed by atoms with Crippen molar-refractivity contribution in [1.82, 2.24) is 0 Å². The number of methoxy groups -OCH3 is 1. The van der Waals surface area contributed by atoms with Crippen LogP contribution in [0.25, 0.3) is 0 Å². The molecular weight excluding hydrogens is 266 g/mol. The molecule has 100 valence electrons. The molecule has 0 aliphatic rings. The Morgan fingerprint density at radius 3 is 2.44 bits per heavy atom. The minimum Gasteiger partial charge on any atom is -0.363 e. The van der Waals surface area contributed by atoms with E-state index in [0.717, 1.165) is 16.4 Å². The van der Waals surface area contributed by atoms with Crippen LogP contribution in [-0.4, -0.2) is 27.7 Å². The third-order valence-electron chi connectivity index (χ3n) is 2.68. The van der Waals surface area contributed by atoms with E-state index in [-0.39, 0.29) is 5.78 Å². The van der Waals surface area contributed by atoms with Gasteiger partial charge in [-0.3, -0.25) is 9.21 Å². The molecule has 0 saturated heterocycles. The van der Waals surface area contributed by atoms with E-state index >= 15 is 0 Å². The topological polar surface area (TPSA) is 29.5 Å². The summed E-state index contributed by atoms with van der Waals surface area (Å²) < 4.78 is 6.58. The van der Waals surface area contributed by atoms with Crippen molar-refractivity contribution in [3.63, 3.8) is 0 Å². The Balaban J connectivity index is 3.42. The van der Waals surface area contributed by atoms with Crippen LogP contribution in [0.3, 0.4) is 0 Å². The minimum absolute atomic E-state index is 0.0803. The van der Waals surface area contributed by atoms with Gasteiger partial charge in [-0.05, 0) is 18.2 Å². The largest absolute Gasteiger partial charge is 0.363 e. The SMILES string of the molecule is COCN(Cl)c1cccc(C(C)=O)c1[Si](C)(C)C. The number of carbonyl (C=O) groups excluding carboxylic acids is 1. The highest BCUT2D eigenvalue weighted by Crippen LogP contribution is 2.21. The standard InChI is InChI=1S/C13H20ClNO2Si/c1-10(16)11-7-6-8-12(15(14)9-17-2)13(11)18(3,4)5/h6-8H,9H2,1-5H3. The van der Waals surface area contributed by atoms with Crippen molar-refractivity contribution in [3.8, 4) is 0 Å². The number of halogens is 1. The number of benzene rings is 1. The molecule has 0 radical (unpaired) electrons. The van der Waals surface area contributed by atoms with E-state index in [1.807, 2.05) is 18.2 Å². The Bertz CT molecular complexity index is 443. The van der Waals surface area contributed by atoms with Gasteiger partial charge in [0.15, 0.2) is 5.78 Å². The molecule has 1 aromatic carbocycles. The second kappa shape index (κ2) is 5.86. The van der Waals surface area contributed by atoms with Gasteiger partial charge >= 0.3 is 0 Å². The molecule has 0 spiro atoms. The molecule has 1 aromatic rings. The number of hydrogen-bond donors (Lipinski definition) is 0. The molecule has 0 N–H and O–H groups in total. The van der Waals surface area contributed by atoms with Gasteiger partial charge in [0, 0.05) is 24.4 Å². The number of ether oxygens (including phenoxy) is 1. The highest BCUT2D eigenvalue weighted by molar-refractivity contribution is 6.90. The summed E-state index contributed by atoms with van der Waals surface area (Å²) in [5.74, 6) is 0.0803. The lowest BCUT2D eigenvalue weighted by atomic mass is 10.1. The molecule has 0 aliphatic heterocycles. The lowest BCUT2D eigenvalue weighted by molar-refractivity contribution is 0.101. The van der Waals surface area contributed by atoms with Crippen molar-refractivity contribution in [3.05, 3.63) is 23.8 Å². The Morgan fingerprint density at radius 1 is 1.39 bits per heavy atom. The van der Waals surface area contributed by atoms with Crippen LogP contribution in [0.1, 0.15) is 17.3 Å². The number of rotatable bonds is 5. The summed E-state index contributed by atoms with van der Waals surface area (Å²) in [6.45, 7) is 8.50. The van der Waals surface area contributed by atoms with Crippen LogP contribution in [-0.2, 0) is 4.74 Å². The Hall–Kier alpha value is -0.843. The number of Topliss-reactive ketones (excluding diaryl/α,β-unsaturated/α-hetero) is 1. The van der Waals surface area contributed by atoms with E-state index in [1.165, 1.54) is 4.42 Å². The fourth-order valence-corrected chi connectivity index (χ4v) is 4.37. The lowest BCUT2D eigenvalue weighted by Gasteiger charge is -2.27. The first kappa shape index (κ1) is 15.2. The first-order chi connectivity index (χ1) is 8.29. The maximum Gasteiger partial charge on any atom is 0.159 e. The van der Waals surface area contributed by atoms with Crippen molar-refractivity contribution in [2.45, 2.75) is 26.6 Å². The first-order valence-corrected chi connectivity index (χ1v) is 9.69. The Kier molecular flexibility index (Phi) is 4.96. The monoisotopic (exact) mass is 285 g/mol. The van der Waals surface area contributed by atoms with E-state index in [1.54, 1.807) is 14.0 Å². The zero-order valence-corrected chi connectivity index (χ0v) is 13.3. The zero-order valence-electron chi connectivity index (χ0n) is 11.6. The van der Waals surface area contributed by atoms with Gasteiger partial charge in [0.2, 0.25) is 0 Å². The highest BCUT2D eigenvalue weighted by Gasteiger charge is 2.27.